The molecule has 1 heterocycles. The molecule has 0 aliphatic rings. The standard InChI is InChI=1S/C26H20ClN3O/c1-18-10-12-21(13-11-18)29-26(31)17-30-16-20(23-7-3-5-9-25(23)30)14-19(15-28)22-6-2-4-8-24(22)27/h2-14,16H,17H2,1H3,(H,29,31). The van der Waals surface area contributed by atoms with Gasteiger partial charge in [-0.3, -0.25) is 4.79 Å². The van der Waals surface area contributed by atoms with Crippen LogP contribution >= 0.6 is 11.6 Å². The first-order chi connectivity index (χ1) is 15.0. The van der Waals surface area contributed by atoms with Gasteiger partial charge in [0.1, 0.15) is 6.54 Å². The average molecular weight is 426 g/mol. The van der Waals surface area contributed by atoms with Crippen LogP contribution in [0.2, 0.25) is 5.02 Å². The number of rotatable bonds is 5. The van der Waals surface area contributed by atoms with E-state index < -0.39 is 0 Å². The Labute approximate surface area is 186 Å². The van der Waals surface area contributed by atoms with Gasteiger partial charge in [-0.1, -0.05) is 65.7 Å². The summed E-state index contributed by atoms with van der Waals surface area (Å²) < 4.78 is 1.90. The van der Waals surface area contributed by atoms with Gasteiger partial charge in [0.2, 0.25) is 5.91 Å². The van der Waals surface area contributed by atoms with Gasteiger partial charge in [-0.05, 0) is 37.3 Å². The number of hydrogen-bond acceptors (Lipinski definition) is 2. The molecular weight excluding hydrogens is 406 g/mol. The van der Waals surface area contributed by atoms with Crippen molar-refractivity contribution in [3.05, 3.63) is 101 Å². The number of benzene rings is 3. The second kappa shape index (κ2) is 8.91. The molecule has 0 aliphatic carbocycles. The van der Waals surface area contributed by atoms with Gasteiger partial charge >= 0.3 is 0 Å². The van der Waals surface area contributed by atoms with Crippen LogP contribution in [0.1, 0.15) is 16.7 Å². The van der Waals surface area contributed by atoms with Crippen molar-refractivity contribution in [2.75, 3.05) is 5.32 Å². The van der Waals surface area contributed by atoms with E-state index in [9.17, 15) is 10.1 Å². The molecule has 0 unspecified atom stereocenters. The fraction of sp³-hybridized carbons (Fsp3) is 0.0769. The Morgan fingerprint density at radius 2 is 1.77 bits per heavy atom. The number of carbonyl (C=O) groups is 1. The van der Waals surface area contributed by atoms with Gasteiger partial charge in [0.05, 0.1) is 11.6 Å². The minimum absolute atomic E-state index is 0.119. The smallest absolute Gasteiger partial charge is 0.244 e. The lowest BCUT2D eigenvalue weighted by atomic mass is 10.0. The summed E-state index contributed by atoms with van der Waals surface area (Å²) in [5.41, 5.74) is 4.83. The van der Waals surface area contributed by atoms with Crippen LogP contribution in [0.3, 0.4) is 0 Å². The summed E-state index contributed by atoms with van der Waals surface area (Å²) in [6.45, 7) is 2.17. The minimum atomic E-state index is -0.119. The summed E-state index contributed by atoms with van der Waals surface area (Å²) in [5, 5.41) is 14.1. The van der Waals surface area contributed by atoms with Crippen molar-refractivity contribution in [1.82, 2.24) is 4.57 Å². The number of aryl methyl sites for hydroxylation is 1. The van der Waals surface area contributed by atoms with Crippen molar-refractivity contribution in [3.63, 3.8) is 0 Å². The third-order valence-corrected chi connectivity index (χ3v) is 5.38. The zero-order valence-electron chi connectivity index (χ0n) is 17.0. The fourth-order valence-electron chi connectivity index (χ4n) is 3.52. The molecular formula is C26H20ClN3O. The second-order valence-electron chi connectivity index (χ2n) is 7.29. The molecule has 4 nitrogen and oxygen atoms in total. The number of fused-ring (bicyclic) bond motifs is 1. The number of hydrogen-bond donors (Lipinski definition) is 1. The summed E-state index contributed by atoms with van der Waals surface area (Å²) in [6.07, 6.45) is 3.71. The molecule has 0 saturated heterocycles. The second-order valence-corrected chi connectivity index (χ2v) is 7.70. The van der Waals surface area contributed by atoms with Crippen LogP contribution in [0.25, 0.3) is 22.6 Å². The van der Waals surface area contributed by atoms with Crippen LogP contribution in [0.5, 0.6) is 0 Å². The van der Waals surface area contributed by atoms with Crippen LogP contribution in [-0.2, 0) is 11.3 Å². The summed E-state index contributed by atoms with van der Waals surface area (Å²) in [6, 6.07) is 25.0. The number of nitriles is 1. The highest BCUT2D eigenvalue weighted by atomic mass is 35.5. The lowest BCUT2D eigenvalue weighted by molar-refractivity contribution is -0.116. The Morgan fingerprint density at radius 3 is 2.52 bits per heavy atom. The normalized spacial score (nSPS) is 11.3. The highest BCUT2D eigenvalue weighted by Crippen LogP contribution is 2.29. The van der Waals surface area contributed by atoms with Crippen molar-refractivity contribution >= 4 is 45.7 Å². The monoisotopic (exact) mass is 425 g/mol. The van der Waals surface area contributed by atoms with Crippen LogP contribution in [0, 0.1) is 18.3 Å². The molecule has 0 atom stereocenters. The molecule has 0 spiro atoms. The number of halogens is 1. The number of para-hydroxylation sites is 1. The lowest BCUT2D eigenvalue weighted by Gasteiger charge is -2.07. The van der Waals surface area contributed by atoms with Crippen LogP contribution in [0.15, 0.2) is 79.0 Å². The molecule has 0 saturated carbocycles. The summed E-state index contributed by atoms with van der Waals surface area (Å²) >= 11 is 6.29. The molecule has 0 aliphatic heterocycles. The molecule has 0 radical (unpaired) electrons. The van der Waals surface area contributed by atoms with E-state index in [1.54, 1.807) is 6.07 Å². The zero-order chi connectivity index (χ0) is 21.8. The summed E-state index contributed by atoms with van der Waals surface area (Å²) in [7, 11) is 0. The third kappa shape index (κ3) is 4.53. The van der Waals surface area contributed by atoms with Crippen molar-refractivity contribution in [3.8, 4) is 6.07 Å². The first-order valence-electron chi connectivity index (χ1n) is 9.86. The maximum absolute atomic E-state index is 12.6. The highest BCUT2D eigenvalue weighted by Gasteiger charge is 2.12. The fourth-order valence-corrected chi connectivity index (χ4v) is 3.76. The van der Waals surface area contributed by atoms with E-state index in [4.69, 9.17) is 11.6 Å². The molecule has 4 rings (SSSR count). The van der Waals surface area contributed by atoms with E-state index in [0.29, 0.717) is 16.2 Å². The predicted octanol–water partition coefficient (Wildman–Crippen LogP) is 6.31. The van der Waals surface area contributed by atoms with Gasteiger partial charge in [0, 0.05) is 38.9 Å². The Hall–Kier alpha value is -3.81. The van der Waals surface area contributed by atoms with Crippen molar-refractivity contribution < 1.29 is 4.79 Å². The molecule has 31 heavy (non-hydrogen) atoms. The summed E-state index contributed by atoms with van der Waals surface area (Å²) in [4.78, 5) is 12.6. The molecule has 1 aromatic heterocycles. The average Bonchev–Trinajstić information content (AvgIpc) is 3.11. The number of allylic oxidation sites excluding steroid dienone is 1. The molecule has 3 aromatic carbocycles. The quantitative estimate of drug-likeness (QED) is 0.381. The van der Waals surface area contributed by atoms with Gasteiger partial charge in [-0.2, -0.15) is 5.26 Å². The number of amides is 1. The number of carbonyl (C=O) groups excluding carboxylic acids is 1. The first-order valence-corrected chi connectivity index (χ1v) is 10.2. The summed E-state index contributed by atoms with van der Waals surface area (Å²) in [5.74, 6) is -0.119. The first kappa shape index (κ1) is 20.5. The minimum Gasteiger partial charge on any atom is -0.337 e. The number of anilines is 1. The maximum atomic E-state index is 12.6. The molecule has 5 heteroatoms. The largest absolute Gasteiger partial charge is 0.337 e. The molecule has 1 amide bonds. The predicted molar refractivity (Wildman–Crippen MR) is 127 cm³/mol. The molecule has 0 fully saturated rings. The number of nitrogens with one attached hydrogen (secondary N) is 1. The number of nitrogens with zero attached hydrogens (tertiary/aromatic N) is 2. The van der Waals surface area contributed by atoms with E-state index in [1.165, 1.54) is 0 Å². The van der Waals surface area contributed by atoms with Crippen LogP contribution < -0.4 is 5.32 Å². The van der Waals surface area contributed by atoms with Gasteiger partial charge in [-0.25, -0.2) is 0 Å². The van der Waals surface area contributed by atoms with E-state index in [1.807, 2.05) is 90.5 Å². The van der Waals surface area contributed by atoms with E-state index >= 15 is 0 Å². The molecule has 1 N–H and O–H groups in total. The Morgan fingerprint density at radius 1 is 1.06 bits per heavy atom. The van der Waals surface area contributed by atoms with Crippen molar-refractivity contribution in [1.29, 1.82) is 5.26 Å². The van der Waals surface area contributed by atoms with Crippen molar-refractivity contribution in [2.45, 2.75) is 13.5 Å². The number of aromatic nitrogens is 1. The Balaban J connectivity index is 1.67. The topological polar surface area (TPSA) is 57.8 Å². The van der Waals surface area contributed by atoms with Crippen LogP contribution in [0.4, 0.5) is 5.69 Å². The lowest BCUT2D eigenvalue weighted by Crippen LogP contribution is -2.18. The Kier molecular flexibility index (Phi) is 5.88. The van der Waals surface area contributed by atoms with Crippen LogP contribution in [-0.4, -0.2) is 10.5 Å². The highest BCUT2D eigenvalue weighted by molar-refractivity contribution is 6.32. The van der Waals surface area contributed by atoms with E-state index in [2.05, 4.69) is 11.4 Å². The van der Waals surface area contributed by atoms with Crippen molar-refractivity contribution in [2.24, 2.45) is 0 Å². The van der Waals surface area contributed by atoms with E-state index in [-0.39, 0.29) is 12.5 Å². The molecule has 152 valence electrons. The molecule has 4 aromatic rings. The molecule has 0 bridgehead atoms. The zero-order valence-corrected chi connectivity index (χ0v) is 17.7. The van der Waals surface area contributed by atoms with Gasteiger partial charge in [0.25, 0.3) is 0 Å². The van der Waals surface area contributed by atoms with Gasteiger partial charge in [0.15, 0.2) is 0 Å². The van der Waals surface area contributed by atoms with E-state index in [0.717, 1.165) is 27.7 Å². The van der Waals surface area contributed by atoms with Gasteiger partial charge < -0.3 is 9.88 Å². The third-order valence-electron chi connectivity index (χ3n) is 5.05. The van der Waals surface area contributed by atoms with Gasteiger partial charge in [-0.15, -0.1) is 0 Å². The maximum Gasteiger partial charge on any atom is 0.244 e. The Bertz CT molecular complexity index is 1330. The SMILES string of the molecule is Cc1ccc(NC(=O)Cn2cc(C=C(C#N)c3ccccc3Cl)c3ccccc32)cc1.